The molecule has 1 heterocycles. The highest BCUT2D eigenvalue weighted by molar-refractivity contribution is 6.31. The standard InChI is InChI=1S/C21H26ClN3O2/c1-27-19-7-4-5-17(15-19)9-10-23-21(26)25-13-11-24(12-14-25)16-18-6-2-3-8-20(18)22/h2-8,15H,9-14,16H2,1H3,(H,23,26). The molecule has 0 spiro atoms. The first-order chi connectivity index (χ1) is 13.2. The molecule has 2 aromatic rings. The maximum atomic E-state index is 12.4. The summed E-state index contributed by atoms with van der Waals surface area (Å²) in [6.07, 6.45) is 0.787. The van der Waals surface area contributed by atoms with Crippen molar-refractivity contribution in [2.45, 2.75) is 13.0 Å². The van der Waals surface area contributed by atoms with Crippen LogP contribution in [0.5, 0.6) is 5.75 Å². The van der Waals surface area contributed by atoms with E-state index in [0.29, 0.717) is 6.54 Å². The van der Waals surface area contributed by atoms with Gasteiger partial charge in [0.1, 0.15) is 5.75 Å². The SMILES string of the molecule is COc1cccc(CCNC(=O)N2CCN(Cc3ccccc3Cl)CC2)c1. The summed E-state index contributed by atoms with van der Waals surface area (Å²) in [5.41, 5.74) is 2.29. The second kappa shape index (κ2) is 9.62. The van der Waals surface area contributed by atoms with Crippen LogP contribution in [0.2, 0.25) is 5.02 Å². The highest BCUT2D eigenvalue weighted by atomic mass is 35.5. The molecule has 27 heavy (non-hydrogen) atoms. The molecule has 0 aromatic heterocycles. The van der Waals surface area contributed by atoms with E-state index in [0.717, 1.165) is 61.0 Å². The molecule has 2 aromatic carbocycles. The summed E-state index contributed by atoms with van der Waals surface area (Å²) in [7, 11) is 1.66. The van der Waals surface area contributed by atoms with E-state index in [1.54, 1.807) is 7.11 Å². The summed E-state index contributed by atoms with van der Waals surface area (Å²) in [6.45, 7) is 4.62. The van der Waals surface area contributed by atoms with Gasteiger partial charge in [-0.05, 0) is 35.7 Å². The van der Waals surface area contributed by atoms with E-state index in [1.165, 1.54) is 0 Å². The van der Waals surface area contributed by atoms with E-state index in [2.05, 4.69) is 16.3 Å². The van der Waals surface area contributed by atoms with Crippen LogP contribution in [-0.2, 0) is 13.0 Å². The van der Waals surface area contributed by atoms with Gasteiger partial charge in [0, 0.05) is 44.3 Å². The summed E-state index contributed by atoms with van der Waals surface area (Å²) in [6, 6.07) is 15.9. The van der Waals surface area contributed by atoms with Crippen molar-refractivity contribution in [1.82, 2.24) is 15.1 Å². The summed E-state index contributed by atoms with van der Waals surface area (Å²) in [5.74, 6) is 0.841. The van der Waals surface area contributed by atoms with Crippen molar-refractivity contribution < 1.29 is 9.53 Å². The van der Waals surface area contributed by atoms with Gasteiger partial charge < -0.3 is 15.0 Å². The third-order valence-electron chi connectivity index (χ3n) is 4.84. The number of methoxy groups -OCH3 is 1. The number of ether oxygens (including phenoxy) is 1. The number of halogens is 1. The molecule has 6 heteroatoms. The van der Waals surface area contributed by atoms with Crippen molar-refractivity contribution in [2.24, 2.45) is 0 Å². The van der Waals surface area contributed by atoms with Crippen molar-refractivity contribution in [3.05, 3.63) is 64.7 Å². The van der Waals surface area contributed by atoms with Gasteiger partial charge in [-0.2, -0.15) is 0 Å². The van der Waals surface area contributed by atoms with Crippen LogP contribution in [0.3, 0.4) is 0 Å². The second-order valence-corrected chi connectivity index (χ2v) is 7.10. The molecule has 1 saturated heterocycles. The number of hydrogen-bond acceptors (Lipinski definition) is 3. The van der Waals surface area contributed by atoms with Crippen LogP contribution in [-0.4, -0.2) is 55.7 Å². The van der Waals surface area contributed by atoms with E-state index in [1.807, 2.05) is 47.4 Å². The van der Waals surface area contributed by atoms with Crippen LogP contribution in [0.15, 0.2) is 48.5 Å². The molecule has 1 fully saturated rings. The highest BCUT2D eigenvalue weighted by Gasteiger charge is 2.21. The number of amides is 2. The zero-order chi connectivity index (χ0) is 19.1. The Morgan fingerprint density at radius 2 is 1.89 bits per heavy atom. The lowest BCUT2D eigenvalue weighted by Crippen LogP contribution is -2.51. The largest absolute Gasteiger partial charge is 0.497 e. The fraction of sp³-hybridized carbons (Fsp3) is 0.381. The van der Waals surface area contributed by atoms with Gasteiger partial charge >= 0.3 is 6.03 Å². The fourth-order valence-electron chi connectivity index (χ4n) is 3.23. The van der Waals surface area contributed by atoms with Crippen molar-refractivity contribution >= 4 is 17.6 Å². The molecule has 1 N–H and O–H groups in total. The summed E-state index contributed by atoms with van der Waals surface area (Å²) in [4.78, 5) is 16.6. The Bertz CT molecular complexity index is 761. The lowest BCUT2D eigenvalue weighted by Gasteiger charge is -2.34. The molecule has 0 aliphatic carbocycles. The van der Waals surface area contributed by atoms with Gasteiger partial charge in [0.2, 0.25) is 0 Å². The maximum absolute atomic E-state index is 12.4. The van der Waals surface area contributed by atoms with Crippen LogP contribution in [0.25, 0.3) is 0 Å². The van der Waals surface area contributed by atoms with Gasteiger partial charge in [0.25, 0.3) is 0 Å². The molecular weight excluding hydrogens is 362 g/mol. The number of urea groups is 1. The van der Waals surface area contributed by atoms with Crippen molar-refractivity contribution in [3.63, 3.8) is 0 Å². The summed E-state index contributed by atoms with van der Waals surface area (Å²) >= 11 is 6.24. The van der Waals surface area contributed by atoms with E-state index in [4.69, 9.17) is 16.3 Å². The second-order valence-electron chi connectivity index (χ2n) is 6.69. The average molecular weight is 388 g/mol. The Morgan fingerprint density at radius 1 is 1.11 bits per heavy atom. The Labute approximate surface area is 165 Å². The van der Waals surface area contributed by atoms with Crippen molar-refractivity contribution in [3.8, 4) is 5.75 Å². The van der Waals surface area contributed by atoms with Crippen LogP contribution >= 0.6 is 11.6 Å². The average Bonchev–Trinajstić information content (AvgIpc) is 2.70. The summed E-state index contributed by atoms with van der Waals surface area (Å²) < 4.78 is 5.23. The minimum absolute atomic E-state index is 0.00953. The van der Waals surface area contributed by atoms with Gasteiger partial charge in [-0.1, -0.05) is 41.9 Å². The smallest absolute Gasteiger partial charge is 0.317 e. The normalized spacial score (nSPS) is 14.8. The maximum Gasteiger partial charge on any atom is 0.317 e. The van der Waals surface area contributed by atoms with Crippen LogP contribution in [0.4, 0.5) is 4.79 Å². The molecule has 0 unspecified atom stereocenters. The number of carbonyl (C=O) groups is 1. The molecule has 0 radical (unpaired) electrons. The first-order valence-corrected chi connectivity index (χ1v) is 9.65. The van der Waals surface area contributed by atoms with Crippen molar-refractivity contribution in [2.75, 3.05) is 39.8 Å². The molecule has 1 aliphatic heterocycles. The predicted octanol–water partition coefficient (Wildman–Crippen LogP) is 3.42. The van der Waals surface area contributed by atoms with Crippen LogP contribution in [0, 0.1) is 0 Å². The van der Waals surface area contributed by atoms with E-state index >= 15 is 0 Å². The third kappa shape index (κ3) is 5.62. The quantitative estimate of drug-likeness (QED) is 0.826. The van der Waals surface area contributed by atoms with Gasteiger partial charge in [-0.15, -0.1) is 0 Å². The van der Waals surface area contributed by atoms with Gasteiger partial charge in [0.05, 0.1) is 7.11 Å². The lowest BCUT2D eigenvalue weighted by atomic mass is 10.1. The predicted molar refractivity (Wildman–Crippen MR) is 108 cm³/mol. The minimum Gasteiger partial charge on any atom is -0.497 e. The Kier molecular flexibility index (Phi) is 6.96. The molecule has 0 saturated carbocycles. The Hall–Kier alpha value is -2.24. The monoisotopic (exact) mass is 387 g/mol. The molecule has 5 nitrogen and oxygen atoms in total. The molecule has 1 aliphatic rings. The number of nitrogens with zero attached hydrogens (tertiary/aromatic N) is 2. The molecule has 2 amide bonds. The summed E-state index contributed by atoms with van der Waals surface area (Å²) in [5, 5.41) is 3.82. The van der Waals surface area contributed by atoms with Gasteiger partial charge in [0.15, 0.2) is 0 Å². The first-order valence-electron chi connectivity index (χ1n) is 9.27. The Balaban J connectivity index is 1.40. The molecule has 0 atom stereocenters. The number of hydrogen-bond donors (Lipinski definition) is 1. The number of rotatable bonds is 6. The van der Waals surface area contributed by atoms with Crippen LogP contribution < -0.4 is 10.1 Å². The zero-order valence-corrected chi connectivity index (χ0v) is 16.4. The zero-order valence-electron chi connectivity index (χ0n) is 15.7. The van der Waals surface area contributed by atoms with Crippen LogP contribution in [0.1, 0.15) is 11.1 Å². The number of benzene rings is 2. The first kappa shape index (κ1) is 19.5. The molecular formula is C21H26ClN3O2. The molecule has 144 valence electrons. The fourth-order valence-corrected chi connectivity index (χ4v) is 3.43. The van der Waals surface area contributed by atoms with Crippen molar-refractivity contribution in [1.29, 1.82) is 0 Å². The van der Waals surface area contributed by atoms with E-state index in [-0.39, 0.29) is 6.03 Å². The van der Waals surface area contributed by atoms with E-state index in [9.17, 15) is 4.79 Å². The minimum atomic E-state index is 0.00953. The third-order valence-corrected chi connectivity index (χ3v) is 5.20. The van der Waals surface area contributed by atoms with E-state index < -0.39 is 0 Å². The number of piperazine rings is 1. The Morgan fingerprint density at radius 3 is 2.63 bits per heavy atom. The molecule has 0 bridgehead atoms. The van der Waals surface area contributed by atoms with Gasteiger partial charge in [-0.3, -0.25) is 4.90 Å². The van der Waals surface area contributed by atoms with Gasteiger partial charge in [-0.25, -0.2) is 4.79 Å². The highest BCUT2D eigenvalue weighted by Crippen LogP contribution is 2.18. The lowest BCUT2D eigenvalue weighted by molar-refractivity contribution is 0.135. The number of carbonyl (C=O) groups excluding carboxylic acids is 1. The topological polar surface area (TPSA) is 44.8 Å². The molecule has 3 rings (SSSR count). The number of nitrogens with one attached hydrogen (secondary N) is 1.